The van der Waals surface area contributed by atoms with Gasteiger partial charge in [0.15, 0.2) is 0 Å². The number of nitrogens with zero attached hydrogens (tertiary/aromatic N) is 1. The molecule has 1 heterocycles. The summed E-state index contributed by atoms with van der Waals surface area (Å²) in [5.41, 5.74) is 1.64. The summed E-state index contributed by atoms with van der Waals surface area (Å²) in [6.07, 6.45) is 0. The van der Waals surface area contributed by atoms with Crippen LogP contribution >= 0.6 is 34.8 Å². The first-order valence-electron chi connectivity index (χ1n) is 4.78. The van der Waals surface area contributed by atoms with Gasteiger partial charge < -0.3 is 4.74 Å². The lowest BCUT2D eigenvalue weighted by atomic mass is 10.1. The van der Waals surface area contributed by atoms with E-state index >= 15 is 0 Å². The molecule has 0 amide bonds. The summed E-state index contributed by atoms with van der Waals surface area (Å²) in [5, 5.41) is 1.35. The predicted molar refractivity (Wildman–Crippen MR) is 71.3 cm³/mol. The van der Waals surface area contributed by atoms with Crippen molar-refractivity contribution in [2.75, 3.05) is 7.11 Å². The third-order valence-corrected chi connectivity index (χ3v) is 3.29. The molecule has 1 aromatic heterocycles. The highest BCUT2D eigenvalue weighted by molar-refractivity contribution is 6.42. The van der Waals surface area contributed by atoms with Crippen LogP contribution in [0.1, 0.15) is 0 Å². The van der Waals surface area contributed by atoms with Gasteiger partial charge in [0.05, 0.1) is 17.2 Å². The first kappa shape index (κ1) is 12.5. The van der Waals surface area contributed by atoms with Crippen LogP contribution in [-0.2, 0) is 0 Å². The van der Waals surface area contributed by atoms with Gasteiger partial charge in [-0.15, -0.1) is 0 Å². The van der Waals surface area contributed by atoms with Crippen LogP contribution in [0.4, 0.5) is 0 Å². The first-order valence-corrected chi connectivity index (χ1v) is 5.91. The summed E-state index contributed by atoms with van der Waals surface area (Å²) in [7, 11) is 1.54. The zero-order chi connectivity index (χ0) is 12.4. The van der Waals surface area contributed by atoms with Crippen molar-refractivity contribution >= 4 is 34.8 Å². The number of benzene rings is 1. The Labute approximate surface area is 114 Å². The minimum atomic E-state index is 0.364. The summed E-state index contributed by atoms with van der Waals surface area (Å²) >= 11 is 17.9. The zero-order valence-corrected chi connectivity index (χ0v) is 11.1. The Balaban J connectivity index is 2.49. The molecule has 2 nitrogen and oxygen atoms in total. The lowest BCUT2D eigenvalue weighted by molar-refractivity contribution is 0.398. The van der Waals surface area contributed by atoms with Crippen molar-refractivity contribution in [2.45, 2.75) is 0 Å². The van der Waals surface area contributed by atoms with E-state index in [4.69, 9.17) is 39.5 Å². The number of halogens is 3. The highest BCUT2D eigenvalue weighted by Crippen LogP contribution is 2.32. The number of rotatable bonds is 2. The molecule has 0 radical (unpaired) electrons. The zero-order valence-electron chi connectivity index (χ0n) is 8.88. The maximum atomic E-state index is 6.07. The Kier molecular flexibility index (Phi) is 3.77. The van der Waals surface area contributed by atoms with Gasteiger partial charge in [0.2, 0.25) is 5.88 Å². The van der Waals surface area contributed by atoms with Gasteiger partial charge in [0, 0.05) is 11.6 Å². The molecule has 88 valence electrons. The fraction of sp³-hybridized carbons (Fsp3) is 0.0833. The summed E-state index contributed by atoms with van der Waals surface area (Å²) in [5.74, 6) is 0.471. The topological polar surface area (TPSA) is 22.1 Å². The van der Waals surface area contributed by atoms with Crippen molar-refractivity contribution in [1.82, 2.24) is 4.98 Å². The minimum absolute atomic E-state index is 0.364. The molecular weight excluding hydrogens is 280 g/mol. The SMILES string of the molecule is COc1ccc(-c2ccc(Cl)c(Cl)c2)c(Cl)n1. The van der Waals surface area contributed by atoms with Crippen molar-refractivity contribution in [3.05, 3.63) is 45.5 Å². The maximum absolute atomic E-state index is 6.07. The lowest BCUT2D eigenvalue weighted by Crippen LogP contribution is -1.89. The quantitative estimate of drug-likeness (QED) is 0.746. The molecule has 1 aromatic carbocycles. The smallest absolute Gasteiger partial charge is 0.214 e. The van der Waals surface area contributed by atoms with Crippen LogP contribution in [0, 0.1) is 0 Å². The Morgan fingerprint density at radius 3 is 2.35 bits per heavy atom. The second-order valence-electron chi connectivity index (χ2n) is 3.32. The van der Waals surface area contributed by atoms with Crippen LogP contribution in [0.3, 0.4) is 0 Å². The fourth-order valence-corrected chi connectivity index (χ4v) is 1.96. The Morgan fingerprint density at radius 2 is 1.76 bits per heavy atom. The standard InChI is InChI=1S/C12H8Cl3NO/c1-17-11-5-3-8(12(15)16-11)7-2-4-9(13)10(14)6-7/h2-6H,1H3. The molecule has 0 unspecified atom stereocenters. The van der Waals surface area contributed by atoms with Gasteiger partial charge in [0.25, 0.3) is 0 Å². The largest absolute Gasteiger partial charge is 0.481 e. The minimum Gasteiger partial charge on any atom is -0.481 e. The highest BCUT2D eigenvalue weighted by atomic mass is 35.5. The van der Waals surface area contributed by atoms with E-state index in [2.05, 4.69) is 4.98 Å². The van der Waals surface area contributed by atoms with Gasteiger partial charge >= 0.3 is 0 Å². The Hall–Kier alpha value is -0.960. The molecule has 0 saturated carbocycles. The second kappa shape index (κ2) is 5.13. The van der Waals surface area contributed by atoms with E-state index in [1.54, 1.807) is 18.2 Å². The van der Waals surface area contributed by atoms with E-state index in [0.29, 0.717) is 21.1 Å². The van der Waals surface area contributed by atoms with E-state index in [9.17, 15) is 0 Å². The molecule has 0 spiro atoms. The summed E-state index contributed by atoms with van der Waals surface area (Å²) in [6.45, 7) is 0. The van der Waals surface area contributed by atoms with Crippen molar-refractivity contribution < 1.29 is 4.74 Å². The Bertz CT molecular complexity index is 557. The van der Waals surface area contributed by atoms with Crippen LogP contribution in [0.2, 0.25) is 15.2 Å². The van der Waals surface area contributed by atoms with Gasteiger partial charge in [-0.3, -0.25) is 0 Å². The molecule has 0 N–H and O–H groups in total. The monoisotopic (exact) mass is 287 g/mol. The fourth-order valence-electron chi connectivity index (χ4n) is 1.41. The number of pyridine rings is 1. The van der Waals surface area contributed by atoms with Crippen LogP contribution in [-0.4, -0.2) is 12.1 Å². The third kappa shape index (κ3) is 2.65. The molecule has 17 heavy (non-hydrogen) atoms. The maximum Gasteiger partial charge on any atom is 0.214 e. The average molecular weight is 289 g/mol. The summed E-state index contributed by atoms with van der Waals surface area (Å²) < 4.78 is 4.99. The molecule has 0 aliphatic carbocycles. The Morgan fingerprint density at radius 1 is 1.00 bits per heavy atom. The normalized spacial score (nSPS) is 10.4. The van der Waals surface area contributed by atoms with Gasteiger partial charge in [-0.1, -0.05) is 40.9 Å². The molecule has 0 aliphatic heterocycles. The summed E-state index contributed by atoms with van der Waals surface area (Å²) in [4.78, 5) is 4.09. The van der Waals surface area contributed by atoms with Crippen LogP contribution in [0.15, 0.2) is 30.3 Å². The van der Waals surface area contributed by atoms with Crippen LogP contribution in [0.25, 0.3) is 11.1 Å². The van der Waals surface area contributed by atoms with E-state index in [0.717, 1.165) is 11.1 Å². The van der Waals surface area contributed by atoms with Crippen molar-refractivity contribution in [2.24, 2.45) is 0 Å². The molecule has 0 saturated heterocycles. The predicted octanol–water partition coefficient (Wildman–Crippen LogP) is 4.72. The molecule has 0 aliphatic rings. The molecule has 0 fully saturated rings. The number of ether oxygens (including phenoxy) is 1. The van der Waals surface area contributed by atoms with Crippen LogP contribution in [0.5, 0.6) is 5.88 Å². The van der Waals surface area contributed by atoms with Gasteiger partial charge in [-0.25, -0.2) is 4.98 Å². The van der Waals surface area contributed by atoms with E-state index in [-0.39, 0.29) is 0 Å². The van der Waals surface area contributed by atoms with Crippen molar-refractivity contribution in [3.8, 4) is 17.0 Å². The molecule has 2 rings (SSSR count). The van der Waals surface area contributed by atoms with E-state index in [1.807, 2.05) is 12.1 Å². The molecule has 5 heteroatoms. The van der Waals surface area contributed by atoms with Gasteiger partial charge in [-0.2, -0.15) is 0 Å². The summed E-state index contributed by atoms with van der Waals surface area (Å²) in [6, 6.07) is 8.88. The number of hydrogen-bond acceptors (Lipinski definition) is 2. The highest BCUT2D eigenvalue weighted by Gasteiger charge is 2.08. The average Bonchev–Trinajstić information content (AvgIpc) is 2.32. The molecule has 0 bridgehead atoms. The molecular formula is C12H8Cl3NO. The van der Waals surface area contributed by atoms with Gasteiger partial charge in [-0.05, 0) is 23.8 Å². The van der Waals surface area contributed by atoms with Crippen LogP contribution < -0.4 is 4.74 Å². The first-order chi connectivity index (χ1) is 8.11. The van der Waals surface area contributed by atoms with Crippen molar-refractivity contribution in [1.29, 1.82) is 0 Å². The van der Waals surface area contributed by atoms with E-state index < -0.39 is 0 Å². The second-order valence-corrected chi connectivity index (χ2v) is 4.49. The number of methoxy groups -OCH3 is 1. The molecule has 0 atom stereocenters. The molecule has 2 aromatic rings. The number of aromatic nitrogens is 1. The number of hydrogen-bond donors (Lipinski definition) is 0. The van der Waals surface area contributed by atoms with E-state index in [1.165, 1.54) is 7.11 Å². The lowest BCUT2D eigenvalue weighted by Gasteiger charge is -2.06. The van der Waals surface area contributed by atoms with Crippen molar-refractivity contribution in [3.63, 3.8) is 0 Å². The van der Waals surface area contributed by atoms with Gasteiger partial charge in [0.1, 0.15) is 5.15 Å². The third-order valence-electron chi connectivity index (χ3n) is 2.26.